The molecule has 0 aromatic heterocycles. The van der Waals surface area contributed by atoms with Gasteiger partial charge in [0.1, 0.15) is 17.9 Å². The number of hydrogen-bond donors (Lipinski definition) is 1. The van der Waals surface area contributed by atoms with E-state index < -0.39 is 29.0 Å². The van der Waals surface area contributed by atoms with Gasteiger partial charge < -0.3 is 10.1 Å². The van der Waals surface area contributed by atoms with Gasteiger partial charge >= 0.3 is 6.18 Å². The minimum Gasteiger partial charge on any atom is -0.496 e. The number of benzene rings is 3. The molecule has 0 unspecified atom stereocenters. The van der Waals surface area contributed by atoms with Gasteiger partial charge in [-0.2, -0.15) is 13.2 Å². The van der Waals surface area contributed by atoms with Crippen LogP contribution in [0.2, 0.25) is 0 Å². The van der Waals surface area contributed by atoms with Crippen molar-refractivity contribution in [2.75, 3.05) is 7.11 Å². The number of aldehydes is 1. The second-order valence-corrected chi connectivity index (χ2v) is 7.09. The van der Waals surface area contributed by atoms with E-state index in [-0.39, 0.29) is 6.54 Å². The molecule has 1 amide bonds. The quantitative estimate of drug-likeness (QED) is 0.399. The van der Waals surface area contributed by atoms with Gasteiger partial charge in [-0.15, -0.1) is 0 Å². The van der Waals surface area contributed by atoms with E-state index in [9.17, 15) is 27.2 Å². The number of nitrogens with one attached hydrogen (secondary N) is 1. The number of carbonyl (C=O) groups is 2. The zero-order valence-corrected chi connectivity index (χ0v) is 17.2. The van der Waals surface area contributed by atoms with Crippen LogP contribution in [-0.2, 0) is 12.7 Å². The van der Waals surface area contributed by atoms with Gasteiger partial charge in [-0.05, 0) is 60.0 Å². The molecule has 3 rings (SSSR count). The highest BCUT2D eigenvalue weighted by Crippen LogP contribution is 2.31. The Morgan fingerprint density at radius 1 is 1.06 bits per heavy atom. The average molecular weight is 445 g/mol. The van der Waals surface area contributed by atoms with E-state index >= 15 is 0 Å². The summed E-state index contributed by atoms with van der Waals surface area (Å²) < 4.78 is 57.5. The number of hydrogen-bond acceptors (Lipinski definition) is 3. The van der Waals surface area contributed by atoms with Crippen LogP contribution in [0.25, 0.3) is 11.1 Å². The molecule has 0 saturated carbocycles. The summed E-state index contributed by atoms with van der Waals surface area (Å²) in [7, 11) is 1.45. The molecule has 0 aliphatic rings. The van der Waals surface area contributed by atoms with E-state index in [1.807, 2.05) is 13.0 Å². The van der Waals surface area contributed by atoms with Crippen molar-refractivity contribution < 1.29 is 31.9 Å². The number of carbonyl (C=O) groups excluding carboxylic acids is 2. The third-order valence-corrected chi connectivity index (χ3v) is 4.97. The van der Waals surface area contributed by atoms with E-state index in [2.05, 4.69) is 5.32 Å². The molecule has 0 saturated heterocycles. The van der Waals surface area contributed by atoms with Crippen molar-refractivity contribution in [2.24, 2.45) is 0 Å². The van der Waals surface area contributed by atoms with Crippen LogP contribution in [0.15, 0.2) is 54.6 Å². The summed E-state index contributed by atoms with van der Waals surface area (Å²) in [5.74, 6) is -1.66. The fourth-order valence-corrected chi connectivity index (χ4v) is 3.25. The molecule has 8 heteroatoms. The number of alkyl halides is 3. The van der Waals surface area contributed by atoms with Crippen LogP contribution in [0, 0.1) is 12.7 Å². The van der Waals surface area contributed by atoms with Crippen LogP contribution in [0.4, 0.5) is 17.6 Å². The van der Waals surface area contributed by atoms with Gasteiger partial charge in [0.05, 0.1) is 18.2 Å². The van der Waals surface area contributed by atoms with Gasteiger partial charge in [-0.25, -0.2) is 4.39 Å². The maximum absolute atomic E-state index is 14.1. The standard InChI is InChI=1S/C24H19F4NO3/c1-14-3-4-15(13-30)9-20(14)16-5-8-22(32-2)17(10-16)12-29-23(31)19-7-6-18(11-21(19)25)24(26,27)28/h3-11,13H,12H2,1-2H3,(H,29,31). The zero-order valence-electron chi connectivity index (χ0n) is 17.2. The summed E-state index contributed by atoms with van der Waals surface area (Å²) in [5.41, 5.74) is 1.94. The highest BCUT2D eigenvalue weighted by molar-refractivity contribution is 5.94. The molecule has 32 heavy (non-hydrogen) atoms. The maximum Gasteiger partial charge on any atom is 0.416 e. The molecular weight excluding hydrogens is 426 g/mol. The number of amides is 1. The van der Waals surface area contributed by atoms with E-state index in [0.29, 0.717) is 29.0 Å². The Bertz CT molecular complexity index is 1170. The molecule has 0 heterocycles. The molecule has 3 aromatic carbocycles. The zero-order chi connectivity index (χ0) is 23.5. The first-order valence-corrected chi connectivity index (χ1v) is 9.52. The van der Waals surface area contributed by atoms with Gasteiger partial charge in [0.15, 0.2) is 0 Å². The predicted octanol–water partition coefficient (Wildman–Crippen LogP) is 5.57. The Kier molecular flexibility index (Phi) is 6.62. The Labute approximate surface area is 181 Å². The first-order valence-electron chi connectivity index (χ1n) is 9.52. The average Bonchev–Trinajstić information content (AvgIpc) is 2.77. The molecular formula is C24H19F4NO3. The van der Waals surface area contributed by atoms with Crippen molar-refractivity contribution in [3.8, 4) is 16.9 Å². The second-order valence-electron chi connectivity index (χ2n) is 7.09. The number of rotatable bonds is 6. The minimum absolute atomic E-state index is 0.0528. The Morgan fingerprint density at radius 2 is 1.81 bits per heavy atom. The summed E-state index contributed by atoms with van der Waals surface area (Å²) in [6, 6.07) is 12.3. The summed E-state index contributed by atoms with van der Waals surface area (Å²) in [6.45, 7) is 1.84. The number of aryl methyl sites for hydroxylation is 1. The molecule has 0 aliphatic heterocycles. The summed E-state index contributed by atoms with van der Waals surface area (Å²) in [5, 5.41) is 2.51. The van der Waals surface area contributed by atoms with Crippen LogP contribution < -0.4 is 10.1 Å². The Morgan fingerprint density at radius 3 is 2.44 bits per heavy atom. The molecule has 0 fully saturated rings. The SMILES string of the molecule is COc1ccc(-c2cc(C=O)ccc2C)cc1CNC(=O)c1ccc(C(F)(F)F)cc1F. The third-order valence-electron chi connectivity index (χ3n) is 4.97. The molecule has 0 bridgehead atoms. The van der Waals surface area contributed by atoms with Gasteiger partial charge in [-0.1, -0.05) is 18.2 Å². The normalized spacial score (nSPS) is 11.2. The summed E-state index contributed by atoms with van der Waals surface area (Å²) in [6.07, 6.45) is -3.96. The molecule has 0 atom stereocenters. The fourth-order valence-electron chi connectivity index (χ4n) is 3.25. The van der Waals surface area contributed by atoms with Crippen LogP contribution >= 0.6 is 0 Å². The van der Waals surface area contributed by atoms with Crippen molar-refractivity contribution in [1.29, 1.82) is 0 Å². The fraction of sp³-hybridized carbons (Fsp3) is 0.167. The van der Waals surface area contributed by atoms with Gasteiger partial charge in [0.25, 0.3) is 5.91 Å². The molecule has 0 spiro atoms. The lowest BCUT2D eigenvalue weighted by Gasteiger charge is -2.14. The lowest BCUT2D eigenvalue weighted by atomic mass is 9.96. The largest absolute Gasteiger partial charge is 0.496 e. The van der Waals surface area contributed by atoms with Crippen LogP contribution in [0.1, 0.15) is 37.4 Å². The lowest BCUT2D eigenvalue weighted by Crippen LogP contribution is -2.24. The highest BCUT2D eigenvalue weighted by Gasteiger charge is 2.31. The topological polar surface area (TPSA) is 55.4 Å². The molecule has 1 N–H and O–H groups in total. The monoisotopic (exact) mass is 445 g/mol. The van der Waals surface area contributed by atoms with E-state index in [1.54, 1.807) is 30.3 Å². The smallest absolute Gasteiger partial charge is 0.416 e. The van der Waals surface area contributed by atoms with Crippen molar-refractivity contribution in [3.63, 3.8) is 0 Å². The van der Waals surface area contributed by atoms with Crippen molar-refractivity contribution in [2.45, 2.75) is 19.6 Å². The first-order chi connectivity index (χ1) is 15.1. The minimum atomic E-state index is -4.71. The molecule has 0 aliphatic carbocycles. The highest BCUT2D eigenvalue weighted by atomic mass is 19.4. The Balaban J connectivity index is 1.85. The second kappa shape index (κ2) is 9.21. The molecule has 0 radical (unpaired) electrons. The van der Waals surface area contributed by atoms with Gasteiger partial charge in [0.2, 0.25) is 0 Å². The number of ether oxygens (including phenoxy) is 1. The van der Waals surface area contributed by atoms with Crippen LogP contribution in [0.5, 0.6) is 5.75 Å². The summed E-state index contributed by atoms with van der Waals surface area (Å²) >= 11 is 0. The van der Waals surface area contributed by atoms with E-state index in [4.69, 9.17) is 4.74 Å². The molecule has 166 valence electrons. The van der Waals surface area contributed by atoms with E-state index in [0.717, 1.165) is 29.0 Å². The number of methoxy groups -OCH3 is 1. The van der Waals surface area contributed by atoms with Gasteiger partial charge in [-0.3, -0.25) is 9.59 Å². The summed E-state index contributed by atoms with van der Waals surface area (Å²) in [4.78, 5) is 23.5. The van der Waals surface area contributed by atoms with Crippen LogP contribution in [-0.4, -0.2) is 19.3 Å². The first kappa shape index (κ1) is 23.0. The number of halogens is 4. The van der Waals surface area contributed by atoms with Gasteiger partial charge in [0, 0.05) is 17.7 Å². The third kappa shape index (κ3) is 4.96. The molecule has 4 nitrogen and oxygen atoms in total. The van der Waals surface area contributed by atoms with Crippen molar-refractivity contribution >= 4 is 12.2 Å². The maximum atomic E-state index is 14.1. The lowest BCUT2D eigenvalue weighted by molar-refractivity contribution is -0.137. The van der Waals surface area contributed by atoms with E-state index in [1.165, 1.54) is 7.11 Å². The Hall–Kier alpha value is -3.68. The van der Waals surface area contributed by atoms with Crippen LogP contribution in [0.3, 0.4) is 0 Å². The predicted molar refractivity (Wildman–Crippen MR) is 111 cm³/mol. The van der Waals surface area contributed by atoms with Crippen molar-refractivity contribution in [3.05, 3.63) is 88.2 Å². The molecule has 3 aromatic rings. The van der Waals surface area contributed by atoms with Crippen molar-refractivity contribution in [1.82, 2.24) is 5.32 Å².